The number of ether oxygens (including phenoxy) is 1. The second-order valence-corrected chi connectivity index (χ2v) is 10.2. The summed E-state index contributed by atoms with van der Waals surface area (Å²) in [5.74, 6) is -0.363. The predicted octanol–water partition coefficient (Wildman–Crippen LogP) is 6.57. The lowest BCUT2D eigenvalue weighted by Crippen LogP contribution is -2.39. The van der Waals surface area contributed by atoms with Crippen molar-refractivity contribution in [1.82, 2.24) is 4.98 Å². The van der Waals surface area contributed by atoms with Crippen LogP contribution in [0.1, 0.15) is 31.9 Å². The van der Waals surface area contributed by atoms with Crippen LogP contribution < -0.4 is 11.1 Å². The highest BCUT2D eigenvalue weighted by atomic mass is 35.5. The van der Waals surface area contributed by atoms with E-state index in [0.29, 0.717) is 38.8 Å². The van der Waals surface area contributed by atoms with Crippen LogP contribution in [0.15, 0.2) is 54.6 Å². The number of carbonyl (C=O) groups is 1. The molecular weight excluding hydrogens is 461 g/mol. The number of quaternary nitrogens is 1. The lowest BCUT2D eigenvalue weighted by Gasteiger charge is -2.18. The first-order valence-electron chi connectivity index (χ1n) is 10.4. The van der Waals surface area contributed by atoms with Crippen LogP contribution in [0.4, 0.5) is 20.0 Å². The van der Waals surface area contributed by atoms with E-state index in [1.165, 1.54) is 11.3 Å². The number of halogens is 2. The summed E-state index contributed by atoms with van der Waals surface area (Å²) in [6.45, 7) is 5.35. The summed E-state index contributed by atoms with van der Waals surface area (Å²) in [4.78, 5) is 16.8. The number of nitrogens with zero attached hydrogens (tertiary/aromatic N) is 1. The van der Waals surface area contributed by atoms with Gasteiger partial charge in [-0.3, -0.25) is 5.32 Å². The van der Waals surface area contributed by atoms with E-state index >= 15 is 4.39 Å². The van der Waals surface area contributed by atoms with Gasteiger partial charge in [-0.05, 0) is 67.8 Å². The predicted molar refractivity (Wildman–Crippen MR) is 132 cm³/mol. The Morgan fingerprint density at radius 3 is 2.58 bits per heavy atom. The van der Waals surface area contributed by atoms with Gasteiger partial charge in [0, 0.05) is 17.0 Å². The molecule has 0 aliphatic rings. The van der Waals surface area contributed by atoms with Gasteiger partial charge in [0.25, 0.3) is 0 Å². The molecule has 0 bridgehead atoms. The molecule has 5 nitrogen and oxygen atoms in total. The molecule has 0 unspecified atom stereocenters. The fourth-order valence-electron chi connectivity index (χ4n) is 3.45. The lowest BCUT2D eigenvalue weighted by atomic mass is 9.97. The van der Waals surface area contributed by atoms with Crippen molar-refractivity contribution in [2.75, 3.05) is 5.32 Å². The highest BCUT2D eigenvalue weighted by molar-refractivity contribution is 7.22. The number of amides is 1. The maximum absolute atomic E-state index is 15.9. The molecule has 3 aromatic carbocycles. The fraction of sp³-hybridized carbons (Fsp3) is 0.200. The minimum Gasteiger partial charge on any atom is -0.444 e. The van der Waals surface area contributed by atoms with E-state index in [-0.39, 0.29) is 5.82 Å². The summed E-state index contributed by atoms with van der Waals surface area (Å²) in [5, 5.41) is 3.50. The van der Waals surface area contributed by atoms with Gasteiger partial charge in [-0.2, -0.15) is 0 Å². The minimum atomic E-state index is -0.643. The van der Waals surface area contributed by atoms with Crippen molar-refractivity contribution in [3.05, 3.63) is 76.6 Å². The number of aromatic nitrogens is 1. The molecule has 4 aromatic rings. The third-order valence-corrected chi connectivity index (χ3v) is 5.99. The molecule has 0 spiro atoms. The Bertz CT molecular complexity index is 1330. The molecule has 1 heterocycles. The Hall–Kier alpha value is -3.00. The zero-order valence-corrected chi connectivity index (χ0v) is 20.1. The zero-order chi connectivity index (χ0) is 23.8. The normalized spacial score (nSPS) is 11.6. The van der Waals surface area contributed by atoms with Crippen molar-refractivity contribution in [2.45, 2.75) is 32.8 Å². The summed E-state index contributed by atoms with van der Waals surface area (Å²) < 4.78 is 22.0. The average Bonchev–Trinajstić information content (AvgIpc) is 3.10. The average molecular weight is 485 g/mol. The first-order chi connectivity index (χ1) is 15.6. The smallest absolute Gasteiger partial charge is 0.413 e. The van der Waals surface area contributed by atoms with Crippen LogP contribution in [-0.4, -0.2) is 16.7 Å². The van der Waals surface area contributed by atoms with Gasteiger partial charge in [-0.15, -0.1) is 0 Å². The van der Waals surface area contributed by atoms with E-state index in [1.807, 2.05) is 24.3 Å². The highest BCUT2D eigenvalue weighted by Crippen LogP contribution is 2.39. The molecule has 33 heavy (non-hydrogen) atoms. The molecule has 4 rings (SSSR count). The quantitative estimate of drug-likeness (QED) is 0.344. The monoisotopic (exact) mass is 484 g/mol. The third kappa shape index (κ3) is 5.50. The lowest BCUT2D eigenvalue weighted by molar-refractivity contribution is -0.254. The standard InChI is InChI=1S/C25H23ClFN3O2S/c1-25(2,3)32-24(31)30-23-29-22-19(33-23)13-16(11-14-7-9-18(28)10-8-14)21(27)20(22)15-5-4-6-17(26)12-15/h4-10,12-13H,11,28H2,1-3H3,(H,29,30,31)/p+1. The molecule has 0 atom stereocenters. The van der Waals surface area contributed by atoms with Gasteiger partial charge in [-0.1, -0.05) is 47.2 Å². The number of carbonyl (C=O) groups excluding carboxylic acids is 1. The molecule has 0 saturated carbocycles. The molecular formula is C25H24ClFN3O2S+. The van der Waals surface area contributed by atoms with Crippen LogP contribution >= 0.6 is 22.9 Å². The van der Waals surface area contributed by atoms with Crippen molar-refractivity contribution in [2.24, 2.45) is 0 Å². The van der Waals surface area contributed by atoms with Crippen molar-refractivity contribution in [3.8, 4) is 11.1 Å². The molecule has 1 aromatic heterocycles. The number of thiazole rings is 1. The highest BCUT2D eigenvalue weighted by Gasteiger charge is 2.22. The molecule has 0 aliphatic heterocycles. The van der Waals surface area contributed by atoms with Gasteiger partial charge in [0.15, 0.2) is 5.13 Å². The molecule has 1 amide bonds. The number of fused-ring (bicyclic) bond motifs is 1. The molecule has 0 radical (unpaired) electrons. The van der Waals surface area contributed by atoms with Crippen molar-refractivity contribution in [3.63, 3.8) is 0 Å². The van der Waals surface area contributed by atoms with Gasteiger partial charge >= 0.3 is 6.09 Å². The summed E-state index contributed by atoms with van der Waals surface area (Å²) in [6.07, 6.45) is -0.206. The molecule has 0 saturated heterocycles. The Morgan fingerprint density at radius 1 is 1.18 bits per heavy atom. The molecule has 8 heteroatoms. The Labute approximate surface area is 200 Å². The van der Waals surface area contributed by atoms with Crippen LogP contribution in [0.5, 0.6) is 0 Å². The third-order valence-electron chi connectivity index (χ3n) is 4.84. The van der Waals surface area contributed by atoms with Crippen LogP contribution in [0, 0.1) is 5.82 Å². The van der Waals surface area contributed by atoms with E-state index in [4.69, 9.17) is 16.3 Å². The van der Waals surface area contributed by atoms with Crippen LogP contribution in [0.25, 0.3) is 21.3 Å². The first-order valence-corrected chi connectivity index (χ1v) is 11.6. The van der Waals surface area contributed by atoms with E-state index in [0.717, 1.165) is 16.0 Å². The largest absolute Gasteiger partial charge is 0.444 e. The maximum Gasteiger partial charge on any atom is 0.413 e. The summed E-state index contributed by atoms with van der Waals surface area (Å²) in [5.41, 5.74) is 7.08. The summed E-state index contributed by atoms with van der Waals surface area (Å²) in [6, 6.07) is 16.5. The Balaban J connectivity index is 1.81. The minimum absolute atomic E-state index is 0.334. The van der Waals surface area contributed by atoms with Crippen molar-refractivity contribution < 1.29 is 19.7 Å². The van der Waals surface area contributed by atoms with E-state index in [2.05, 4.69) is 16.0 Å². The van der Waals surface area contributed by atoms with Gasteiger partial charge < -0.3 is 10.5 Å². The topological polar surface area (TPSA) is 78.9 Å². The SMILES string of the molecule is CC(C)(C)OC(=O)Nc1nc2c(-c3cccc(Cl)c3)c(F)c(Cc3ccc([NH3+])cc3)cc2s1. The molecule has 0 fully saturated rings. The number of nitrogens with one attached hydrogen (secondary N) is 1. The second-order valence-electron chi connectivity index (χ2n) is 8.72. The zero-order valence-electron chi connectivity index (χ0n) is 18.5. The van der Waals surface area contributed by atoms with Crippen LogP contribution in [-0.2, 0) is 11.2 Å². The maximum atomic E-state index is 15.9. The van der Waals surface area contributed by atoms with E-state index < -0.39 is 11.7 Å². The second kappa shape index (κ2) is 9.09. The summed E-state index contributed by atoms with van der Waals surface area (Å²) in [7, 11) is 0. The molecule has 0 aliphatic carbocycles. The number of benzene rings is 3. The number of rotatable bonds is 4. The molecule has 170 valence electrons. The Morgan fingerprint density at radius 2 is 1.91 bits per heavy atom. The van der Waals surface area contributed by atoms with E-state index in [9.17, 15) is 4.79 Å². The van der Waals surface area contributed by atoms with Crippen LogP contribution in [0.2, 0.25) is 5.02 Å². The summed E-state index contributed by atoms with van der Waals surface area (Å²) >= 11 is 7.47. The van der Waals surface area contributed by atoms with Crippen molar-refractivity contribution in [1.29, 1.82) is 0 Å². The number of anilines is 1. The number of hydrogen-bond donors (Lipinski definition) is 2. The first kappa shape index (κ1) is 23.2. The van der Waals surface area contributed by atoms with Crippen LogP contribution in [0.3, 0.4) is 0 Å². The van der Waals surface area contributed by atoms with Gasteiger partial charge in [0.2, 0.25) is 0 Å². The Kier molecular flexibility index (Phi) is 6.38. The fourth-order valence-corrected chi connectivity index (χ4v) is 4.57. The number of hydrogen-bond acceptors (Lipinski definition) is 4. The van der Waals surface area contributed by atoms with E-state index in [1.54, 1.807) is 51.1 Å². The van der Waals surface area contributed by atoms with Gasteiger partial charge in [-0.25, -0.2) is 14.2 Å². The van der Waals surface area contributed by atoms with Gasteiger partial charge in [0.05, 0.1) is 10.2 Å². The van der Waals surface area contributed by atoms with Crippen molar-refractivity contribution >= 4 is 50.1 Å². The molecule has 4 N–H and O–H groups in total. The van der Waals surface area contributed by atoms with Gasteiger partial charge in [0.1, 0.15) is 17.1 Å².